The number of nitrogens with zero attached hydrogens (tertiary/aromatic N) is 2. The largest absolute Gasteiger partial charge is 0.373 e. The molecule has 0 radical (unpaired) electrons. The Balaban J connectivity index is 3.01. The lowest BCUT2D eigenvalue weighted by atomic mass is 10.4. The molecule has 1 aromatic rings. The van der Waals surface area contributed by atoms with Crippen molar-refractivity contribution in [3.05, 3.63) is 35.9 Å². The van der Waals surface area contributed by atoms with Gasteiger partial charge in [0.2, 0.25) is 5.95 Å². The predicted octanol–water partition coefficient (Wildman–Crippen LogP) is 2.63. The van der Waals surface area contributed by atoms with E-state index in [1.165, 1.54) is 13.0 Å². The molecule has 0 atom stereocenters. The molecule has 4 nitrogen and oxygen atoms in total. The van der Waals surface area contributed by atoms with Crippen LogP contribution >= 0.6 is 0 Å². The lowest BCUT2D eigenvalue weighted by molar-refractivity contribution is 0.632. The van der Waals surface area contributed by atoms with Crippen molar-refractivity contribution in [2.24, 2.45) is 0 Å². The Morgan fingerprint density at radius 1 is 1.50 bits per heavy atom. The van der Waals surface area contributed by atoms with Gasteiger partial charge in [0.15, 0.2) is 0 Å². The van der Waals surface area contributed by atoms with Crippen LogP contribution < -0.4 is 10.6 Å². The standard InChI is InChI=1S/C11H15FN4/c1-5-9(8(3)12)15-11-14-7(2)6-10(13-4)16-11/h5-6H,1H2,2-4H3,(H2,13,14,15,16)/b9-8-. The van der Waals surface area contributed by atoms with E-state index in [0.29, 0.717) is 11.8 Å². The fraction of sp³-hybridized carbons (Fsp3) is 0.273. The highest BCUT2D eigenvalue weighted by atomic mass is 19.1. The molecule has 2 N–H and O–H groups in total. The van der Waals surface area contributed by atoms with Crippen LogP contribution in [0.3, 0.4) is 0 Å². The third-order valence-electron chi connectivity index (χ3n) is 1.93. The van der Waals surface area contributed by atoms with Gasteiger partial charge < -0.3 is 10.6 Å². The SMILES string of the molecule is C=C/C(Nc1nc(C)cc(NC)n1)=C(\C)F. The lowest BCUT2D eigenvalue weighted by Crippen LogP contribution is -2.05. The molecule has 0 aliphatic carbocycles. The summed E-state index contributed by atoms with van der Waals surface area (Å²) in [5.41, 5.74) is 1.06. The van der Waals surface area contributed by atoms with Crippen molar-refractivity contribution >= 4 is 11.8 Å². The van der Waals surface area contributed by atoms with Gasteiger partial charge in [-0.05, 0) is 19.9 Å². The van der Waals surface area contributed by atoms with Crippen molar-refractivity contribution in [1.29, 1.82) is 0 Å². The predicted molar refractivity (Wildman–Crippen MR) is 63.9 cm³/mol. The molecule has 0 amide bonds. The van der Waals surface area contributed by atoms with Crippen molar-refractivity contribution in [3.8, 4) is 0 Å². The molecular weight excluding hydrogens is 207 g/mol. The maximum Gasteiger partial charge on any atom is 0.229 e. The summed E-state index contributed by atoms with van der Waals surface area (Å²) in [5, 5.41) is 5.67. The molecule has 0 spiro atoms. The summed E-state index contributed by atoms with van der Waals surface area (Å²) in [4.78, 5) is 8.28. The zero-order valence-electron chi connectivity index (χ0n) is 9.63. The minimum absolute atomic E-state index is 0.271. The summed E-state index contributed by atoms with van der Waals surface area (Å²) in [7, 11) is 1.76. The Kier molecular flexibility index (Phi) is 3.99. The van der Waals surface area contributed by atoms with Gasteiger partial charge in [-0.3, -0.25) is 0 Å². The maximum absolute atomic E-state index is 13.0. The normalized spacial score (nSPS) is 11.8. The summed E-state index contributed by atoms with van der Waals surface area (Å²) in [6, 6.07) is 1.80. The van der Waals surface area contributed by atoms with E-state index < -0.39 is 0 Å². The fourth-order valence-electron chi connectivity index (χ4n) is 1.15. The molecule has 0 unspecified atom stereocenters. The van der Waals surface area contributed by atoms with Gasteiger partial charge in [-0.15, -0.1) is 0 Å². The fourth-order valence-corrected chi connectivity index (χ4v) is 1.15. The van der Waals surface area contributed by atoms with Crippen LogP contribution in [0.2, 0.25) is 0 Å². The molecule has 0 fully saturated rings. The zero-order chi connectivity index (χ0) is 12.1. The van der Waals surface area contributed by atoms with Crippen LogP contribution in [0.1, 0.15) is 12.6 Å². The van der Waals surface area contributed by atoms with Crippen molar-refractivity contribution in [1.82, 2.24) is 9.97 Å². The lowest BCUT2D eigenvalue weighted by Gasteiger charge is -2.08. The van der Waals surface area contributed by atoms with Gasteiger partial charge in [0.1, 0.15) is 11.6 Å². The Labute approximate surface area is 94.3 Å². The van der Waals surface area contributed by atoms with E-state index in [2.05, 4.69) is 27.2 Å². The number of aromatic nitrogens is 2. The minimum Gasteiger partial charge on any atom is -0.373 e. The second-order valence-corrected chi connectivity index (χ2v) is 3.24. The molecule has 0 saturated carbocycles. The number of nitrogens with one attached hydrogen (secondary N) is 2. The molecule has 0 bridgehead atoms. The van der Waals surface area contributed by atoms with Crippen molar-refractivity contribution in [3.63, 3.8) is 0 Å². The first-order valence-corrected chi connectivity index (χ1v) is 4.86. The number of rotatable bonds is 4. The van der Waals surface area contributed by atoms with Crippen molar-refractivity contribution in [2.75, 3.05) is 17.7 Å². The number of aryl methyl sites for hydroxylation is 1. The average Bonchev–Trinajstić information content (AvgIpc) is 2.24. The molecule has 1 rings (SSSR count). The van der Waals surface area contributed by atoms with Crippen molar-refractivity contribution in [2.45, 2.75) is 13.8 Å². The van der Waals surface area contributed by atoms with Gasteiger partial charge in [0.25, 0.3) is 0 Å². The summed E-state index contributed by atoms with van der Waals surface area (Å²) in [6.45, 7) is 6.70. The van der Waals surface area contributed by atoms with Gasteiger partial charge in [-0.1, -0.05) is 6.58 Å². The first-order chi connectivity index (χ1) is 7.56. The Morgan fingerprint density at radius 2 is 2.19 bits per heavy atom. The summed E-state index contributed by atoms with van der Waals surface area (Å²) < 4.78 is 13.0. The highest BCUT2D eigenvalue weighted by Crippen LogP contribution is 2.13. The van der Waals surface area contributed by atoms with Crippen LogP contribution in [0.25, 0.3) is 0 Å². The summed E-state index contributed by atoms with van der Waals surface area (Å²) >= 11 is 0. The highest BCUT2D eigenvalue weighted by molar-refractivity contribution is 5.46. The zero-order valence-corrected chi connectivity index (χ0v) is 9.63. The molecular formula is C11H15FN4. The molecule has 5 heteroatoms. The van der Waals surface area contributed by atoms with E-state index in [-0.39, 0.29) is 11.5 Å². The number of halogens is 1. The van der Waals surface area contributed by atoms with Crippen LogP contribution in [-0.2, 0) is 0 Å². The third kappa shape index (κ3) is 3.05. The van der Waals surface area contributed by atoms with Crippen LogP contribution in [0.4, 0.5) is 16.2 Å². The van der Waals surface area contributed by atoms with Gasteiger partial charge in [-0.25, -0.2) is 9.37 Å². The van der Waals surface area contributed by atoms with E-state index in [1.54, 1.807) is 13.1 Å². The van der Waals surface area contributed by atoms with Gasteiger partial charge in [0.05, 0.1) is 5.70 Å². The molecule has 0 aliphatic heterocycles. The molecule has 16 heavy (non-hydrogen) atoms. The molecule has 0 aliphatic rings. The van der Waals surface area contributed by atoms with Crippen LogP contribution in [0.5, 0.6) is 0 Å². The molecule has 1 aromatic heterocycles. The highest BCUT2D eigenvalue weighted by Gasteiger charge is 2.03. The third-order valence-corrected chi connectivity index (χ3v) is 1.93. The van der Waals surface area contributed by atoms with E-state index in [4.69, 9.17) is 0 Å². The van der Waals surface area contributed by atoms with Crippen LogP contribution in [0.15, 0.2) is 30.2 Å². The summed E-state index contributed by atoms with van der Waals surface area (Å²) in [5.74, 6) is 0.664. The Bertz CT molecular complexity index is 422. The average molecular weight is 222 g/mol. The second kappa shape index (κ2) is 5.25. The number of anilines is 2. The number of hydrogen-bond acceptors (Lipinski definition) is 4. The Morgan fingerprint density at radius 3 is 2.69 bits per heavy atom. The number of hydrogen-bond donors (Lipinski definition) is 2. The molecule has 0 saturated heterocycles. The van der Waals surface area contributed by atoms with Crippen LogP contribution in [-0.4, -0.2) is 17.0 Å². The second-order valence-electron chi connectivity index (χ2n) is 3.24. The monoisotopic (exact) mass is 222 g/mol. The topological polar surface area (TPSA) is 49.8 Å². The molecule has 0 aromatic carbocycles. The van der Waals surface area contributed by atoms with E-state index in [9.17, 15) is 4.39 Å². The quantitative estimate of drug-likeness (QED) is 0.769. The van der Waals surface area contributed by atoms with E-state index in [0.717, 1.165) is 5.69 Å². The van der Waals surface area contributed by atoms with Gasteiger partial charge in [-0.2, -0.15) is 4.98 Å². The molecule has 86 valence electrons. The van der Waals surface area contributed by atoms with E-state index in [1.807, 2.05) is 6.92 Å². The molecule has 1 heterocycles. The first kappa shape index (κ1) is 12.2. The smallest absolute Gasteiger partial charge is 0.229 e. The number of allylic oxidation sites excluding steroid dienone is 2. The van der Waals surface area contributed by atoms with Gasteiger partial charge >= 0.3 is 0 Å². The Hall–Kier alpha value is -1.91. The first-order valence-electron chi connectivity index (χ1n) is 4.86. The summed E-state index contributed by atoms with van der Waals surface area (Å²) in [6.07, 6.45) is 1.39. The van der Waals surface area contributed by atoms with Crippen molar-refractivity contribution < 1.29 is 4.39 Å². The minimum atomic E-state index is -0.355. The maximum atomic E-state index is 13.0. The van der Waals surface area contributed by atoms with Crippen LogP contribution in [0, 0.1) is 6.92 Å². The van der Waals surface area contributed by atoms with E-state index >= 15 is 0 Å². The van der Waals surface area contributed by atoms with Gasteiger partial charge in [0, 0.05) is 18.8 Å².